The van der Waals surface area contributed by atoms with E-state index in [0.29, 0.717) is 0 Å². The standard InChI is InChI=1S/C32H18Cl2F5N3O7/c33-31-11-18-16(8-9-17-19(18)28(45)40(27(17)44)13-4-6-14(7-5-13)42(48)49)20(12-2-1-3-15(43)10-12)32(31,34)30(47)41(29(31)46)26-24(38)22(36)21(35)23(37)25(26)39/h1-8,10,17-20,43H,9,11H2. The number of nitro benzene ring substituents is 1. The largest absolute Gasteiger partial charge is 0.508 e. The van der Waals surface area contributed by atoms with E-state index in [-0.39, 0.29) is 39.6 Å². The van der Waals surface area contributed by atoms with E-state index in [4.69, 9.17) is 23.2 Å². The highest BCUT2D eigenvalue weighted by Crippen LogP contribution is 2.66. The minimum atomic E-state index is -2.72. The number of anilines is 2. The molecule has 0 bridgehead atoms. The van der Waals surface area contributed by atoms with Crippen LogP contribution in [0.25, 0.3) is 0 Å². The van der Waals surface area contributed by atoms with Crippen molar-refractivity contribution in [2.24, 2.45) is 17.8 Å². The highest BCUT2D eigenvalue weighted by molar-refractivity contribution is 6.58. The summed E-state index contributed by atoms with van der Waals surface area (Å²) in [5.74, 6) is -22.5. The molecule has 252 valence electrons. The summed E-state index contributed by atoms with van der Waals surface area (Å²) >= 11 is 14.1. The Bertz CT molecular complexity index is 2070. The van der Waals surface area contributed by atoms with Crippen molar-refractivity contribution in [2.45, 2.75) is 28.5 Å². The Kier molecular flexibility index (Phi) is 7.20. The van der Waals surface area contributed by atoms with Gasteiger partial charge in [0, 0.05) is 18.1 Å². The average molecular weight is 722 g/mol. The first-order chi connectivity index (χ1) is 23.1. The molecule has 6 atom stereocenters. The predicted octanol–water partition coefficient (Wildman–Crippen LogP) is 5.76. The second-order valence-electron chi connectivity index (χ2n) is 12.1. The number of phenols is 1. The predicted molar refractivity (Wildman–Crippen MR) is 160 cm³/mol. The number of nitrogens with zero attached hydrogens (tertiary/aromatic N) is 3. The molecule has 0 spiro atoms. The van der Waals surface area contributed by atoms with E-state index in [0.717, 1.165) is 23.1 Å². The summed E-state index contributed by atoms with van der Waals surface area (Å²) in [7, 11) is 0. The zero-order chi connectivity index (χ0) is 35.5. The van der Waals surface area contributed by atoms with E-state index in [1.165, 1.54) is 36.4 Å². The van der Waals surface area contributed by atoms with E-state index in [9.17, 15) is 47.6 Å². The minimum absolute atomic E-state index is 0.00813. The van der Waals surface area contributed by atoms with Gasteiger partial charge in [-0.2, -0.15) is 0 Å². The van der Waals surface area contributed by atoms with Crippen LogP contribution in [-0.4, -0.2) is 43.4 Å². The number of amides is 4. The maximum atomic E-state index is 15.1. The van der Waals surface area contributed by atoms with Gasteiger partial charge in [0.25, 0.3) is 17.5 Å². The molecule has 2 heterocycles. The Hall–Kier alpha value is -4.89. The monoisotopic (exact) mass is 721 g/mol. The number of non-ortho nitro benzene ring substituents is 1. The number of hydrogen-bond donors (Lipinski definition) is 1. The number of phenolic OH excluding ortho intramolecular Hbond substituents is 1. The van der Waals surface area contributed by atoms with Crippen LogP contribution in [0.4, 0.5) is 39.0 Å². The van der Waals surface area contributed by atoms with E-state index in [2.05, 4.69) is 0 Å². The second kappa shape index (κ2) is 10.8. The Balaban J connectivity index is 1.40. The molecule has 2 saturated heterocycles. The van der Waals surface area contributed by atoms with Gasteiger partial charge < -0.3 is 5.11 Å². The third-order valence-electron chi connectivity index (χ3n) is 9.74. The molecule has 6 unspecified atom stereocenters. The molecule has 10 nitrogen and oxygen atoms in total. The first kappa shape index (κ1) is 32.6. The van der Waals surface area contributed by atoms with Crippen LogP contribution in [0, 0.1) is 57.0 Å². The van der Waals surface area contributed by atoms with Gasteiger partial charge in [-0.25, -0.2) is 26.9 Å². The first-order valence-electron chi connectivity index (χ1n) is 14.5. The summed E-state index contributed by atoms with van der Waals surface area (Å²) in [6.45, 7) is 0. The maximum absolute atomic E-state index is 15.1. The molecule has 2 aliphatic carbocycles. The minimum Gasteiger partial charge on any atom is -0.508 e. The molecule has 0 radical (unpaired) electrons. The number of carbonyl (C=O) groups is 4. The van der Waals surface area contributed by atoms with Crippen LogP contribution in [-0.2, 0) is 19.2 Å². The quantitative estimate of drug-likeness (QED) is 0.0528. The molecule has 1 saturated carbocycles. The lowest BCUT2D eigenvalue weighted by molar-refractivity contribution is -0.384. The van der Waals surface area contributed by atoms with Crippen molar-refractivity contribution in [1.29, 1.82) is 0 Å². The number of imide groups is 2. The third kappa shape index (κ3) is 4.17. The number of rotatable bonds is 4. The summed E-state index contributed by atoms with van der Waals surface area (Å²) in [4.78, 5) is 61.7. The van der Waals surface area contributed by atoms with Crippen molar-refractivity contribution in [3.8, 4) is 5.75 Å². The number of nitro groups is 1. The molecule has 4 amide bonds. The molecule has 7 rings (SSSR count). The van der Waals surface area contributed by atoms with Crippen LogP contribution in [0.2, 0.25) is 0 Å². The van der Waals surface area contributed by atoms with Crippen molar-refractivity contribution in [3.05, 3.63) is 105 Å². The molecule has 17 heteroatoms. The van der Waals surface area contributed by atoms with E-state index < -0.39 is 103 Å². The molecule has 49 heavy (non-hydrogen) atoms. The highest BCUT2D eigenvalue weighted by atomic mass is 35.5. The number of allylic oxidation sites excluding steroid dienone is 2. The van der Waals surface area contributed by atoms with E-state index >= 15 is 8.78 Å². The molecular weight excluding hydrogens is 704 g/mol. The van der Waals surface area contributed by atoms with Gasteiger partial charge in [0.1, 0.15) is 11.4 Å². The number of halogens is 7. The van der Waals surface area contributed by atoms with Crippen LogP contribution in [0.1, 0.15) is 24.3 Å². The van der Waals surface area contributed by atoms with Gasteiger partial charge in [0.15, 0.2) is 33.0 Å². The van der Waals surface area contributed by atoms with Gasteiger partial charge in [-0.3, -0.25) is 34.2 Å². The van der Waals surface area contributed by atoms with Gasteiger partial charge in [0.05, 0.1) is 22.4 Å². The van der Waals surface area contributed by atoms with Gasteiger partial charge in [-0.05, 0) is 48.6 Å². The van der Waals surface area contributed by atoms with Crippen LogP contribution in [0.3, 0.4) is 0 Å². The van der Waals surface area contributed by atoms with Crippen LogP contribution < -0.4 is 9.80 Å². The van der Waals surface area contributed by atoms with Gasteiger partial charge in [-0.1, -0.05) is 23.8 Å². The second-order valence-corrected chi connectivity index (χ2v) is 13.3. The molecule has 0 aromatic heterocycles. The number of benzene rings is 3. The van der Waals surface area contributed by atoms with Gasteiger partial charge >= 0.3 is 0 Å². The molecule has 3 aromatic rings. The number of hydrogen-bond acceptors (Lipinski definition) is 7. The van der Waals surface area contributed by atoms with Crippen molar-refractivity contribution < 1.29 is 51.2 Å². The molecule has 1 N–H and O–H groups in total. The van der Waals surface area contributed by atoms with E-state index in [1.54, 1.807) is 0 Å². The fraction of sp³-hybridized carbons (Fsp3) is 0.250. The third-order valence-corrected chi connectivity index (χ3v) is 11.2. The fourth-order valence-corrected chi connectivity index (χ4v) is 8.56. The Morgan fingerprint density at radius 3 is 2.02 bits per heavy atom. The van der Waals surface area contributed by atoms with Gasteiger partial charge in [0.2, 0.25) is 17.6 Å². The smallest absolute Gasteiger partial charge is 0.269 e. The van der Waals surface area contributed by atoms with Crippen molar-refractivity contribution in [2.75, 3.05) is 9.80 Å². The Morgan fingerprint density at radius 1 is 0.816 bits per heavy atom. The normalized spacial score (nSPS) is 29.2. The van der Waals surface area contributed by atoms with Crippen LogP contribution in [0.5, 0.6) is 5.75 Å². The van der Waals surface area contributed by atoms with Crippen molar-refractivity contribution >= 4 is 63.9 Å². The van der Waals surface area contributed by atoms with Gasteiger partial charge in [-0.15, -0.1) is 23.2 Å². The Labute approximate surface area is 281 Å². The zero-order valence-electron chi connectivity index (χ0n) is 24.3. The molecule has 3 fully saturated rings. The summed E-state index contributed by atoms with van der Waals surface area (Å²) in [6.07, 6.45) is 0.694. The zero-order valence-corrected chi connectivity index (χ0v) is 25.8. The lowest BCUT2D eigenvalue weighted by Crippen LogP contribution is -2.60. The summed E-state index contributed by atoms with van der Waals surface area (Å²) in [6, 6.07) is 9.72. The molecule has 4 aliphatic rings. The number of alkyl halides is 2. The summed E-state index contributed by atoms with van der Waals surface area (Å²) in [5.41, 5.74) is -1.96. The maximum Gasteiger partial charge on any atom is 0.269 e. The molecular formula is C32H18Cl2F5N3O7. The highest BCUT2D eigenvalue weighted by Gasteiger charge is 2.77. The number of fused-ring (bicyclic) bond motifs is 4. The SMILES string of the molecule is O=C1C2CC=C3C(CC4(Cl)C(=O)N(c5c(F)c(F)c(F)c(F)c5F)C(=O)C4(Cl)C3c3cccc(O)c3)C2C(=O)N1c1ccc([N+](=O)[O-])cc1. The lowest BCUT2D eigenvalue weighted by atomic mass is 9.56. The van der Waals surface area contributed by atoms with Crippen LogP contribution in [0.15, 0.2) is 60.2 Å². The van der Waals surface area contributed by atoms with Crippen LogP contribution >= 0.6 is 23.2 Å². The number of carbonyl (C=O) groups excluding carboxylic acids is 4. The van der Waals surface area contributed by atoms with E-state index in [1.807, 2.05) is 0 Å². The molecule has 3 aromatic carbocycles. The summed E-state index contributed by atoms with van der Waals surface area (Å²) in [5, 5.41) is 21.5. The lowest BCUT2D eigenvalue weighted by Gasteiger charge is -2.50. The van der Waals surface area contributed by atoms with Crippen molar-refractivity contribution in [1.82, 2.24) is 0 Å². The molecule has 2 aliphatic heterocycles. The summed E-state index contributed by atoms with van der Waals surface area (Å²) < 4.78 is 72.9. The average Bonchev–Trinajstić information content (AvgIpc) is 3.41. The number of aromatic hydroxyl groups is 1. The first-order valence-corrected chi connectivity index (χ1v) is 15.2. The van der Waals surface area contributed by atoms with Crippen molar-refractivity contribution in [3.63, 3.8) is 0 Å². The Morgan fingerprint density at radius 2 is 1.43 bits per heavy atom. The topological polar surface area (TPSA) is 138 Å². The fourth-order valence-electron chi connectivity index (χ4n) is 7.62.